The predicted octanol–water partition coefficient (Wildman–Crippen LogP) is -2.22. The molecule has 0 radical (unpaired) electrons. The SMILES string of the molecule is O=S(=O)([O-])O.O=S(=O)([O-])O.[C-]#[O+].[C-]#[O+].[C-]#[O+].[C-]#[O+].[C-]#[O+].[C-]#[O+].[Pt].[Pt]. The van der Waals surface area contributed by atoms with Crippen molar-refractivity contribution in [1.29, 1.82) is 0 Å². The van der Waals surface area contributed by atoms with Crippen molar-refractivity contribution in [2.45, 2.75) is 0 Å². The van der Waals surface area contributed by atoms with E-state index in [0.29, 0.717) is 0 Å². The van der Waals surface area contributed by atoms with Gasteiger partial charge in [-0.05, 0) is 0 Å². The molecule has 0 heterocycles. The summed E-state index contributed by atoms with van der Waals surface area (Å²) in [5.41, 5.74) is 0. The van der Waals surface area contributed by atoms with Gasteiger partial charge in [0.05, 0.1) is 0 Å². The molecule has 0 aliphatic heterocycles. The number of hydrogen-bond acceptors (Lipinski definition) is 6. The van der Waals surface area contributed by atoms with Crippen molar-refractivity contribution in [3.63, 3.8) is 0 Å². The van der Waals surface area contributed by atoms with Gasteiger partial charge in [0.15, 0.2) is 0 Å². The molecule has 2 N–H and O–H groups in total. The van der Waals surface area contributed by atoms with Gasteiger partial charge < -0.3 is 9.11 Å². The molecule has 0 unspecified atom stereocenters. The fourth-order valence-electron chi connectivity index (χ4n) is 0. The minimum Gasteiger partial charge on any atom is 0 e. The molecule has 0 aromatic heterocycles. The first kappa shape index (κ1) is 65.2. The molecule has 0 rings (SSSR count). The number of rotatable bonds is 0. The molecule has 0 spiro atoms. The first-order chi connectivity index (χ1) is 10.0. The second-order valence-electron chi connectivity index (χ2n) is 0.855. The zero-order valence-electron chi connectivity index (χ0n) is 10.2. The predicted molar refractivity (Wildman–Crippen MR) is 48.2 cm³/mol. The van der Waals surface area contributed by atoms with E-state index in [1.165, 1.54) is 0 Å². The summed E-state index contributed by atoms with van der Waals surface area (Å²) in [6.45, 7) is 27.0. The Bertz CT molecular complexity index is 400. The van der Waals surface area contributed by atoms with E-state index >= 15 is 0 Å². The van der Waals surface area contributed by atoms with Crippen molar-refractivity contribution in [3.8, 4) is 0 Å². The normalized spacial score (nSPS) is 5.33. The molecule has 144 valence electrons. The van der Waals surface area contributed by atoms with Gasteiger partial charge in [0.25, 0.3) is 0 Å². The summed E-state index contributed by atoms with van der Waals surface area (Å²) in [6, 6.07) is 0. The Balaban J connectivity index is -0.0000000121. The maximum absolute atomic E-state index is 8.63. The molecular formula is C6H2O14Pt2S2-2. The quantitative estimate of drug-likeness (QED) is 0.118. The Morgan fingerprint density at radius 2 is 0.500 bits per heavy atom. The molecule has 18 heteroatoms. The largest absolute Gasteiger partial charge is 0 e. The van der Waals surface area contributed by atoms with Gasteiger partial charge in [-0.3, -0.25) is 9.11 Å². The van der Waals surface area contributed by atoms with Crippen molar-refractivity contribution in [1.82, 2.24) is 0 Å². The third kappa shape index (κ3) is 46300. The Kier molecular flexibility index (Phi) is 213. The van der Waals surface area contributed by atoms with Crippen molar-refractivity contribution in [3.05, 3.63) is 39.9 Å². The second kappa shape index (κ2) is 78.5. The zero-order chi connectivity index (χ0) is 21.0. The van der Waals surface area contributed by atoms with Gasteiger partial charge in [0, 0.05) is 42.1 Å². The third-order valence-corrected chi connectivity index (χ3v) is 0. The standard InChI is InChI=1S/6CO.2H2O4S.2Pt/c6*1-2;2*1-5(2,3)4;;/h;;;;;;2*(H2,1,2,3,4);;/p-2. The van der Waals surface area contributed by atoms with Crippen LogP contribution in [0.5, 0.6) is 0 Å². The molecule has 14 nitrogen and oxygen atoms in total. The zero-order valence-corrected chi connectivity index (χ0v) is 16.4. The monoisotopic (exact) mass is 752 g/mol. The van der Waals surface area contributed by atoms with E-state index in [0.717, 1.165) is 0 Å². The summed E-state index contributed by atoms with van der Waals surface area (Å²) in [7, 11) is -9.83. The van der Waals surface area contributed by atoms with Gasteiger partial charge in [-0.15, -0.1) is 0 Å². The fraction of sp³-hybridized carbons (Fsp3) is 0. The van der Waals surface area contributed by atoms with Gasteiger partial charge in [-0.25, -0.2) is 16.8 Å². The molecule has 0 aliphatic rings. The summed E-state index contributed by atoms with van der Waals surface area (Å²) in [4.78, 5) is 0. The summed E-state index contributed by atoms with van der Waals surface area (Å²) >= 11 is 0. The van der Waals surface area contributed by atoms with E-state index in [1.807, 2.05) is 0 Å². The molecular weight excluding hydrogens is 750 g/mol. The average molecular weight is 752 g/mol. The van der Waals surface area contributed by atoms with E-state index in [1.54, 1.807) is 0 Å². The molecule has 0 aromatic rings. The summed E-state index contributed by atoms with van der Waals surface area (Å²) < 4.78 is 111. The van der Waals surface area contributed by atoms with Crippen molar-refractivity contribution < 1.29 is 105 Å². The summed E-state index contributed by atoms with van der Waals surface area (Å²) in [6.07, 6.45) is 0. The average Bonchev–Trinajstić information content (AvgIpc) is 2.48. The van der Waals surface area contributed by atoms with E-state index in [-0.39, 0.29) is 42.1 Å². The van der Waals surface area contributed by atoms with Gasteiger partial charge >= 0.3 is 67.8 Å². The molecule has 0 fully saturated rings. The van der Waals surface area contributed by atoms with E-state index in [9.17, 15) is 0 Å². The Morgan fingerprint density at radius 1 is 0.500 bits per heavy atom. The van der Waals surface area contributed by atoms with Crippen LogP contribution in [-0.4, -0.2) is 35.0 Å². The molecule has 0 saturated heterocycles. The minimum absolute atomic E-state index is 0. The van der Waals surface area contributed by atoms with Crippen LogP contribution in [0.3, 0.4) is 0 Å². The topological polar surface area (TPSA) is 274 Å². The van der Waals surface area contributed by atoms with Crippen LogP contribution in [0.4, 0.5) is 0 Å². The Labute approximate surface area is 165 Å². The van der Waals surface area contributed by atoms with Gasteiger partial charge in [0.1, 0.15) is 0 Å². The first-order valence-electron chi connectivity index (χ1n) is 2.59. The van der Waals surface area contributed by atoms with Gasteiger partial charge in [-0.1, -0.05) is 0 Å². The van der Waals surface area contributed by atoms with Crippen LogP contribution in [0, 0.1) is 39.9 Å². The Hall–Kier alpha value is -0.443. The van der Waals surface area contributed by atoms with Gasteiger partial charge in [-0.2, -0.15) is 0 Å². The maximum Gasteiger partial charge on any atom is 0 e. The van der Waals surface area contributed by atoms with Gasteiger partial charge in [0.2, 0.25) is 20.8 Å². The van der Waals surface area contributed by atoms with E-state index in [4.69, 9.17) is 63.0 Å². The number of hydrogen-bond donors (Lipinski definition) is 2. The van der Waals surface area contributed by atoms with Crippen LogP contribution >= 0.6 is 0 Å². The molecule has 24 heavy (non-hydrogen) atoms. The molecule has 0 aliphatic carbocycles. The molecule has 0 aromatic carbocycles. The first-order valence-corrected chi connectivity index (χ1v) is 5.32. The van der Waals surface area contributed by atoms with Crippen LogP contribution in [0.2, 0.25) is 0 Å². The fourth-order valence-corrected chi connectivity index (χ4v) is 0. The molecule has 0 amide bonds. The van der Waals surface area contributed by atoms with Crippen LogP contribution in [0.1, 0.15) is 0 Å². The minimum atomic E-state index is -4.92. The van der Waals surface area contributed by atoms with Crippen molar-refractivity contribution >= 4 is 20.8 Å². The second-order valence-corrected chi connectivity index (χ2v) is 2.57. The van der Waals surface area contributed by atoms with E-state index < -0.39 is 20.8 Å². The Morgan fingerprint density at radius 3 is 0.500 bits per heavy atom. The van der Waals surface area contributed by atoms with Crippen molar-refractivity contribution in [2.75, 3.05) is 0 Å². The summed E-state index contributed by atoms with van der Waals surface area (Å²) in [5, 5.41) is 0. The van der Waals surface area contributed by atoms with Crippen LogP contribution < -0.4 is 0 Å². The maximum atomic E-state index is 8.63. The van der Waals surface area contributed by atoms with Crippen LogP contribution in [0.25, 0.3) is 0 Å². The third-order valence-electron chi connectivity index (χ3n) is 0. The van der Waals surface area contributed by atoms with Crippen LogP contribution in [-0.2, 0) is 90.8 Å². The van der Waals surface area contributed by atoms with Crippen LogP contribution in [0.15, 0.2) is 0 Å². The molecule has 0 bridgehead atoms. The summed E-state index contributed by atoms with van der Waals surface area (Å²) in [5.74, 6) is 0. The molecule has 0 atom stereocenters. The smallest absolute Gasteiger partial charge is 0 e. The van der Waals surface area contributed by atoms with Crippen molar-refractivity contribution in [2.24, 2.45) is 0 Å². The molecule has 0 saturated carbocycles. The van der Waals surface area contributed by atoms with E-state index in [2.05, 4.69) is 39.9 Å².